The Kier molecular flexibility index (Phi) is 8.63. The second kappa shape index (κ2) is 11.2. The summed E-state index contributed by atoms with van der Waals surface area (Å²) in [6.07, 6.45) is 0.352. The SMILES string of the molecule is CCCN(Cc1nc2scc(-c3ccc(Cl)cc3)c2c(=O)[nH]1)C[C@@H](O)COCC(C)C. The van der Waals surface area contributed by atoms with Gasteiger partial charge in [-0.25, -0.2) is 4.98 Å². The van der Waals surface area contributed by atoms with Gasteiger partial charge in [-0.1, -0.05) is 44.5 Å². The number of fused-ring (bicyclic) bond motifs is 1. The fourth-order valence-corrected chi connectivity index (χ4v) is 4.56. The Hall–Kier alpha value is -1.77. The molecule has 0 bridgehead atoms. The van der Waals surface area contributed by atoms with Gasteiger partial charge >= 0.3 is 0 Å². The highest BCUT2D eigenvalue weighted by molar-refractivity contribution is 7.17. The number of aliphatic hydroxyl groups excluding tert-OH is 1. The molecule has 0 radical (unpaired) electrons. The third-order valence-corrected chi connectivity index (χ3v) is 5.92. The molecule has 1 atom stereocenters. The van der Waals surface area contributed by atoms with Crippen LogP contribution in [0.3, 0.4) is 0 Å². The first kappa shape index (κ1) is 23.9. The van der Waals surface area contributed by atoms with E-state index in [9.17, 15) is 9.90 Å². The summed E-state index contributed by atoms with van der Waals surface area (Å²) in [4.78, 5) is 23.3. The molecule has 0 saturated carbocycles. The predicted molar refractivity (Wildman–Crippen MR) is 128 cm³/mol. The largest absolute Gasteiger partial charge is 0.389 e. The molecule has 31 heavy (non-hydrogen) atoms. The van der Waals surface area contributed by atoms with Gasteiger partial charge < -0.3 is 14.8 Å². The normalized spacial score (nSPS) is 12.9. The molecular formula is C23H30ClN3O3S. The number of aromatic amines is 1. The summed E-state index contributed by atoms with van der Waals surface area (Å²) in [6, 6.07) is 7.44. The first-order chi connectivity index (χ1) is 14.9. The van der Waals surface area contributed by atoms with Gasteiger partial charge in [-0.15, -0.1) is 11.3 Å². The van der Waals surface area contributed by atoms with Crippen molar-refractivity contribution in [2.45, 2.75) is 39.8 Å². The molecule has 1 aromatic carbocycles. The molecule has 3 rings (SSSR count). The van der Waals surface area contributed by atoms with E-state index in [4.69, 9.17) is 21.3 Å². The standard InChI is InChI=1S/C23H30ClN3O3S/c1-4-9-27(10-18(28)13-30-12-15(2)3)11-20-25-22(29)21-19(14-31-23(21)26-20)16-5-7-17(24)8-6-16/h5-8,14-15,18,28H,4,9-13H2,1-3H3,(H,25,26,29)/t18-/m1/s1. The molecule has 0 saturated heterocycles. The van der Waals surface area contributed by atoms with Crippen LogP contribution < -0.4 is 5.56 Å². The van der Waals surface area contributed by atoms with Crippen molar-refractivity contribution < 1.29 is 9.84 Å². The van der Waals surface area contributed by atoms with Crippen LogP contribution in [0.5, 0.6) is 0 Å². The van der Waals surface area contributed by atoms with E-state index in [1.165, 1.54) is 11.3 Å². The predicted octanol–water partition coefficient (Wildman–Crippen LogP) is 4.55. The van der Waals surface area contributed by atoms with Crippen LogP contribution in [0.1, 0.15) is 33.0 Å². The van der Waals surface area contributed by atoms with Crippen molar-refractivity contribution in [3.63, 3.8) is 0 Å². The molecule has 0 unspecified atom stereocenters. The van der Waals surface area contributed by atoms with Crippen molar-refractivity contribution in [3.8, 4) is 11.1 Å². The summed E-state index contributed by atoms with van der Waals surface area (Å²) in [7, 11) is 0. The maximum absolute atomic E-state index is 12.9. The van der Waals surface area contributed by atoms with Gasteiger partial charge in [0.15, 0.2) is 0 Å². The summed E-state index contributed by atoms with van der Waals surface area (Å²) < 4.78 is 5.56. The van der Waals surface area contributed by atoms with Crippen molar-refractivity contribution in [2.75, 3.05) is 26.3 Å². The lowest BCUT2D eigenvalue weighted by molar-refractivity contribution is 0.00657. The maximum Gasteiger partial charge on any atom is 0.260 e. The van der Waals surface area contributed by atoms with Gasteiger partial charge in [0.2, 0.25) is 0 Å². The second-order valence-corrected chi connectivity index (χ2v) is 9.46. The molecule has 0 aliphatic carbocycles. The minimum absolute atomic E-state index is 0.150. The fourth-order valence-electron chi connectivity index (χ4n) is 3.46. The van der Waals surface area contributed by atoms with Crippen LogP contribution in [-0.2, 0) is 11.3 Å². The molecular weight excluding hydrogens is 434 g/mol. The molecule has 8 heteroatoms. The van der Waals surface area contributed by atoms with E-state index in [1.807, 2.05) is 29.6 Å². The molecule has 0 aliphatic rings. The van der Waals surface area contributed by atoms with Crippen LogP contribution in [0.15, 0.2) is 34.4 Å². The highest BCUT2D eigenvalue weighted by Crippen LogP contribution is 2.31. The van der Waals surface area contributed by atoms with Gasteiger partial charge in [-0.2, -0.15) is 0 Å². The Balaban J connectivity index is 1.75. The fraction of sp³-hybridized carbons (Fsp3) is 0.478. The number of hydrogen-bond donors (Lipinski definition) is 2. The maximum atomic E-state index is 12.9. The zero-order valence-electron chi connectivity index (χ0n) is 18.2. The van der Waals surface area contributed by atoms with Crippen LogP contribution in [-0.4, -0.2) is 52.4 Å². The van der Waals surface area contributed by atoms with E-state index in [0.29, 0.717) is 53.3 Å². The van der Waals surface area contributed by atoms with Crippen molar-refractivity contribution in [1.29, 1.82) is 0 Å². The quantitative estimate of drug-likeness (QED) is 0.436. The Bertz CT molecular complexity index is 1030. The number of aromatic nitrogens is 2. The first-order valence-corrected chi connectivity index (χ1v) is 11.9. The molecule has 0 aliphatic heterocycles. The number of thiophene rings is 1. The summed E-state index contributed by atoms with van der Waals surface area (Å²) in [5, 5.41) is 13.6. The summed E-state index contributed by atoms with van der Waals surface area (Å²) in [5.74, 6) is 1.04. The molecule has 0 spiro atoms. The number of ether oxygens (including phenoxy) is 1. The van der Waals surface area contributed by atoms with Crippen LogP contribution in [0.25, 0.3) is 21.3 Å². The van der Waals surface area contributed by atoms with Crippen LogP contribution in [0, 0.1) is 5.92 Å². The molecule has 6 nitrogen and oxygen atoms in total. The lowest BCUT2D eigenvalue weighted by Gasteiger charge is -2.24. The minimum Gasteiger partial charge on any atom is -0.389 e. The molecule has 0 fully saturated rings. The summed E-state index contributed by atoms with van der Waals surface area (Å²) in [5.41, 5.74) is 1.65. The average Bonchev–Trinajstić information content (AvgIpc) is 3.13. The zero-order chi connectivity index (χ0) is 22.4. The van der Waals surface area contributed by atoms with Gasteiger partial charge in [0.05, 0.1) is 24.6 Å². The van der Waals surface area contributed by atoms with E-state index >= 15 is 0 Å². The number of nitrogens with zero attached hydrogens (tertiary/aromatic N) is 2. The molecule has 2 aromatic heterocycles. The number of nitrogens with one attached hydrogen (secondary N) is 1. The van der Waals surface area contributed by atoms with E-state index < -0.39 is 6.10 Å². The molecule has 168 valence electrons. The minimum atomic E-state index is -0.584. The Labute approximate surface area is 191 Å². The van der Waals surface area contributed by atoms with E-state index in [0.717, 1.165) is 24.1 Å². The summed E-state index contributed by atoms with van der Waals surface area (Å²) >= 11 is 7.44. The molecule has 3 aromatic rings. The highest BCUT2D eigenvalue weighted by Gasteiger charge is 2.17. The van der Waals surface area contributed by atoms with Crippen molar-refractivity contribution in [2.24, 2.45) is 5.92 Å². The Morgan fingerprint density at radius 3 is 2.68 bits per heavy atom. The molecule has 0 amide bonds. The van der Waals surface area contributed by atoms with Crippen molar-refractivity contribution in [3.05, 3.63) is 50.8 Å². The number of halogens is 1. The van der Waals surface area contributed by atoms with Crippen molar-refractivity contribution >= 4 is 33.2 Å². The van der Waals surface area contributed by atoms with Gasteiger partial charge in [0.1, 0.15) is 10.7 Å². The van der Waals surface area contributed by atoms with Crippen LogP contribution in [0.2, 0.25) is 5.02 Å². The number of hydrogen-bond acceptors (Lipinski definition) is 6. The molecule has 2 N–H and O–H groups in total. The third kappa shape index (κ3) is 6.60. The van der Waals surface area contributed by atoms with Crippen LogP contribution >= 0.6 is 22.9 Å². The van der Waals surface area contributed by atoms with E-state index in [-0.39, 0.29) is 5.56 Å². The monoisotopic (exact) mass is 463 g/mol. The zero-order valence-corrected chi connectivity index (χ0v) is 19.8. The number of H-pyrrole nitrogens is 1. The lowest BCUT2D eigenvalue weighted by Crippen LogP contribution is -2.36. The smallest absolute Gasteiger partial charge is 0.260 e. The number of aliphatic hydroxyl groups is 1. The van der Waals surface area contributed by atoms with Gasteiger partial charge in [0, 0.05) is 29.1 Å². The van der Waals surface area contributed by atoms with Crippen LogP contribution in [0.4, 0.5) is 0 Å². The highest BCUT2D eigenvalue weighted by atomic mass is 35.5. The third-order valence-electron chi connectivity index (χ3n) is 4.79. The second-order valence-electron chi connectivity index (χ2n) is 8.17. The lowest BCUT2D eigenvalue weighted by atomic mass is 10.1. The van der Waals surface area contributed by atoms with E-state index in [2.05, 4.69) is 30.7 Å². The first-order valence-electron chi connectivity index (χ1n) is 10.6. The number of benzene rings is 1. The van der Waals surface area contributed by atoms with Crippen molar-refractivity contribution in [1.82, 2.24) is 14.9 Å². The van der Waals surface area contributed by atoms with Gasteiger partial charge in [0.25, 0.3) is 5.56 Å². The van der Waals surface area contributed by atoms with E-state index in [1.54, 1.807) is 0 Å². The topological polar surface area (TPSA) is 78.5 Å². The Morgan fingerprint density at radius 1 is 1.26 bits per heavy atom. The van der Waals surface area contributed by atoms with Gasteiger partial charge in [-0.3, -0.25) is 9.69 Å². The Morgan fingerprint density at radius 2 is 2.00 bits per heavy atom. The average molecular weight is 464 g/mol. The van der Waals surface area contributed by atoms with Gasteiger partial charge in [-0.05, 0) is 36.6 Å². The molecule has 2 heterocycles. The summed E-state index contributed by atoms with van der Waals surface area (Å²) in [6.45, 7) is 8.91. The number of rotatable bonds is 11.